The number of ether oxygens (including phenoxy) is 1. The van der Waals surface area contributed by atoms with Gasteiger partial charge in [0.15, 0.2) is 0 Å². The number of amides is 1. The molecule has 0 N–H and O–H groups in total. The fraction of sp³-hybridized carbons (Fsp3) is 0.609. The maximum atomic E-state index is 13.0. The summed E-state index contributed by atoms with van der Waals surface area (Å²) in [6, 6.07) is 5.06. The highest BCUT2D eigenvalue weighted by atomic mass is 16.5. The maximum absolute atomic E-state index is 13.0. The van der Waals surface area contributed by atoms with Gasteiger partial charge in [-0.1, -0.05) is 0 Å². The third kappa shape index (κ3) is 4.01. The topological polar surface area (TPSA) is 49.2 Å². The van der Waals surface area contributed by atoms with Crippen molar-refractivity contribution in [2.45, 2.75) is 45.7 Å². The smallest absolute Gasteiger partial charge is 0.227 e. The van der Waals surface area contributed by atoms with E-state index in [1.54, 1.807) is 13.4 Å². The number of furan rings is 1. The maximum Gasteiger partial charge on any atom is 0.227 e. The zero-order valence-corrected chi connectivity index (χ0v) is 18.1. The molecule has 0 saturated carbocycles. The Labute approximate surface area is 173 Å². The molecular weight excluding hydrogens is 366 g/mol. The second-order valence-corrected chi connectivity index (χ2v) is 8.66. The van der Waals surface area contributed by atoms with E-state index in [1.165, 1.54) is 0 Å². The number of methoxy groups -OCH3 is 1. The summed E-state index contributed by atoms with van der Waals surface area (Å²) in [6.45, 7) is 12.7. The predicted octanol–water partition coefficient (Wildman–Crippen LogP) is 2.92. The highest BCUT2D eigenvalue weighted by molar-refractivity contribution is 5.90. The van der Waals surface area contributed by atoms with Crippen molar-refractivity contribution >= 4 is 16.9 Å². The number of piperazine rings is 1. The Hall–Kier alpha value is -2.05. The Morgan fingerprint density at radius 3 is 2.66 bits per heavy atom. The van der Waals surface area contributed by atoms with Gasteiger partial charge in [0.25, 0.3) is 0 Å². The number of nitrogens with zero attached hydrogens (tertiary/aromatic N) is 3. The lowest BCUT2D eigenvalue weighted by Gasteiger charge is -2.39. The van der Waals surface area contributed by atoms with E-state index < -0.39 is 0 Å². The van der Waals surface area contributed by atoms with E-state index in [9.17, 15) is 4.79 Å². The molecule has 6 heteroatoms. The SMILES string of the molecule is COc1ccc2c(CC(=O)N3CC[C@H](N4CCN(C(C)C)CC4)C3)coc2c1C. The van der Waals surface area contributed by atoms with Crippen LogP contribution in [-0.4, -0.2) is 79.1 Å². The fourth-order valence-electron chi connectivity index (χ4n) is 4.79. The Morgan fingerprint density at radius 1 is 1.21 bits per heavy atom. The monoisotopic (exact) mass is 399 g/mol. The summed E-state index contributed by atoms with van der Waals surface area (Å²) in [7, 11) is 1.66. The first kappa shape index (κ1) is 20.2. The lowest BCUT2D eigenvalue weighted by atomic mass is 10.1. The van der Waals surface area contributed by atoms with E-state index in [0.29, 0.717) is 18.5 Å². The van der Waals surface area contributed by atoms with Gasteiger partial charge in [-0.05, 0) is 39.3 Å². The first-order valence-electron chi connectivity index (χ1n) is 10.8. The van der Waals surface area contributed by atoms with Crippen LogP contribution >= 0.6 is 0 Å². The quantitative estimate of drug-likeness (QED) is 0.774. The summed E-state index contributed by atoms with van der Waals surface area (Å²) in [4.78, 5) is 20.1. The molecule has 2 aliphatic rings. The second-order valence-electron chi connectivity index (χ2n) is 8.66. The second kappa shape index (κ2) is 8.36. The average molecular weight is 400 g/mol. The molecule has 2 fully saturated rings. The van der Waals surface area contributed by atoms with Crippen molar-refractivity contribution in [2.24, 2.45) is 0 Å². The van der Waals surface area contributed by atoms with E-state index in [2.05, 4.69) is 23.6 Å². The largest absolute Gasteiger partial charge is 0.496 e. The summed E-state index contributed by atoms with van der Waals surface area (Å²) in [5, 5.41) is 1.01. The van der Waals surface area contributed by atoms with Gasteiger partial charge in [0.2, 0.25) is 5.91 Å². The fourth-order valence-corrected chi connectivity index (χ4v) is 4.79. The first-order chi connectivity index (χ1) is 14.0. The van der Waals surface area contributed by atoms with Gasteiger partial charge in [0.05, 0.1) is 19.8 Å². The molecule has 2 aliphatic heterocycles. The molecule has 3 heterocycles. The molecule has 0 unspecified atom stereocenters. The number of benzene rings is 1. The molecule has 2 aromatic rings. The molecule has 1 atom stereocenters. The van der Waals surface area contributed by atoms with Gasteiger partial charge in [0, 0.05) is 67.9 Å². The number of hydrogen-bond acceptors (Lipinski definition) is 5. The molecular formula is C23H33N3O3. The van der Waals surface area contributed by atoms with E-state index in [-0.39, 0.29) is 5.91 Å². The summed E-state index contributed by atoms with van der Waals surface area (Å²) in [6.07, 6.45) is 3.20. The van der Waals surface area contributed by atoms with Gasteiger partial charge in [0.1, 0.15) is 11.3 Å². The number of carbonyl (C=O) groups excluding carboxylic acids is 1. The zero-order valence-electron chi connectivity index (χ0n) is 18.1. The average Bonchev–Trinajstić information content (AvgIpc) is 3.37. The minimum Gasteiger partial charge on any atom is -0.496 e. The third-order valence-electron chi connectivity index (χ3n) is 6.69. The third-order valence-corrected chi connectivity index (χ3v) is 6.69. The van der Waals surface area contributed by atoms with Crippen molar-refractivity contribution in [3.63, 3.8) is 0 Å². The Kier molecular flexibility index (Phi) is 5.83. The molecule has 0 radical (unpaired) electrons. The van der Waals surface area contributed by atoms with E-state index in [1.807, 2.05) is 24.0 Å². The highest BCUT2D eigenvalue weighted by Crippen LogP contribution is 2.31. The van der Waals surface area contributed by atoms with Crippen molar-refractivity contribution in [2.75, 3.05) is 46.4 Å². The first-order valence-corrected chi connectivity index (χ1v) is 10.8. The van der Waals surface area contributed by atoms with Crippen molar-refractivity contribution in [1.82, 2.24) is 14.7 Å². The van der Waals surface area contributed by atoms with E-state index >= 15 is 0 Å². The van der Waals surface area contributed by atoms with Gasteiger partial charge in [-0.3, -0.25) is 14.6 Å². The van der Waals surface area contributed by atoms with E-state index in [4.69, 9.17) is 9.15 Å². The number of likely N-dealkylation sites (tertiary alicyclic amines) is 1. The number of fused-ring (bicyclic) bond motifs is 1. The normalized spacial score (nSPS) is 21.4. The van der Waals surface area contributed by atoms with Crippen LogP contribution in [0, 0.1) is 6.92 Å². The standard InChI is InChI=1S/C23H33N3O3/c1-16(2)24-9-11-25(12-10-24)19-7-8-26(14-19)22(27)13-18-15-29-23-17(3)21(28-4)6-5-20(18)23/h5-6,15-16,19H,7-14H2,1-4H3/t19-/m0/s1. The number of hydrogen-bond donors (Lipinski definition) is 0. The van der Waals surface area contributed by atoms with Gasteiger partial charge >= 0.3 is 0 Å². The number of rotatable bonds is 5. The van der Waals surface area contributed by atoms with Crippen LogP contribution in [0.25, 0.3) is 11.0 Å². The van der Waals surface area contributed by atoms with Gasteiger partial charge in [-0.15, -0.1) is 0 Å². The van der Waals surface area contributed by atoms with Crippen LogP contribution in [0.4, 0.5) is 0 Å². The summed E-state index contributed by atoms with van der Waals surface area (Å²) in [5.74, 6) is 1.01. The summed E-state index contributed by atoms with van der Waals surface area (Å²) in [5.41, 5.74) is 2.75. The van der Waals surface area contributed by atoms with Crippen molar-refractivity contribution in [1.29, 1.82) is 0 Å². The molecule has 1 amide bonds. The van der Waals surface area contributed by atoms with Crippen LogP contribution in [0.1, 0.15) is 31.4 Å². The Bertz CT molecular complexity index is 868. The molecule has 29 heavy (non-hydrogen) atoms. The lowest BCUT2D eigenvalue weighted by Crippen LogP contribution is -2.52. The van der Waals surface area contributed by atoms with Crippen LogP contribution in [0.5, 0.6) is 5.75 Å². The zero-order chi connectivity index (χ0) is 20.5. The molecule has 4 rings (SSSR count). The minimum atomic E-state index is 0.199. The van der Waals surface area contributed by atoms with Crippen molar-refractivity contribution < 1.29 is 13.9 Å². The molecule has 0 aliphatic carbocycles. The lowest BCUT2D eigenvalue weighted by molar-refractivity contribution is -0.129. The van der Waals surface area contributed by atoms with Crippen LogP contribution in [0.3, 0.4) is 0 Å². The van der Waals surface area contributed by atoms with Crippen LogP contribution < -0.4 is 4.74 Å². The summed E-state index contributed by atoms with van der Waals surface area (Å²) < 4.78 is 11.1. The molecule has 6 nitrogen and oxygen atoms in total. The van der Waals surface area contributed by atoms with Crippen molar-refractivity contribution in [3.8, 4) is 5.75 Å². The highest BCUT2D eigenvalue weighted by Gasteiger charge is 2.32. The minimum absolute atomic E-state index is 0.199. The molecule has 0 bridgehead atoms. The molecule has 1 aromatic heterocycles. The van der Waals surface area contributed by atoms with Gasteiger partial charge < -0.3 is 14.1 Å². The van der Waals surface area contributed by atoms with Gasteiger partial charge in [-0.2, -0.15) is 0 Å². The molecule has 1 aromatic carbocycles. The molecule has 0 spiro atoms. The summed E-state index contributed by atoms with van der Waals surface area (Å²) >= 11 is 0. The molecule has 2 saturated heterocycles. The van der Waals surface area contributed by atoms with Crippen LogP contribution in [0.2, 0.25) is 0 Å². The Morgan fingerprint density at radius 2 is 1.97 bits per heavy atom. The van der Waals surface area contributed by atoms with Crippen LogP contribution in [-0.2, 0) is 11.2 Å². The van der Waals surface area contributed by atoms with Crippen molar-refractivity contribution in [3.05, 3.63) is 29.5 Å². The van der Waals surface area contributed by atoms with Gasteiger partial charge in [-0.25, -0.2) is 0 Å². The van der Waals surface area contributed by atoms with E-state index in [0.717, 1.165) is 73.5 Å². The van der Waals surface area contributed by atoms with Crippen LogP contribution in [0.15, 0.2) is 22.8 Å². The Balaban J connectivity index is 1.37. The molecule has 158 valence electrons. The number of aryl methyl sites for hydroxylation is 1. The predicted molar refractivity (Wildman–Crippen MR) is 114 cm³/mol. The number of carbonyl (C=O) groups is 1.